The zero-order chi connectivity index (χ0) is 40.3. The molecule has 3 nitrogen and oxygen atoms in total. The fraction of sp³-hybridized carbons (Fsp3) is 0.143. The lowest BCUT2D eigenvalue weighted by Gasteiger charge is -2.27. The van der Waals surface area contributed by atoms with Gasteiger partial charge in [0.05, 0.1) is 22.1 Å². The Balaban J connectivity index is 1.20. The van der Waals surface area contributed by atoms with Gasteiger partial charge in [0.25, 0.3) is 0 Å². The average molecular weight is 765 g/mol. The van der Waals surface area contributed by atoms with Crippen LogP contribution in [-0.4, -0.2) is 14.7 Å². The molecule has 0 fully saturated rings. The van der Waals surface area contributed by atoms with Gasteiger partial charge in [0.2, 0.25) is 0 Å². The lowest BCUT2D eigenvalue weighted by Crippen LogP contribution is -2.24. The predicted octanol–water partition coefficient (Wildman–Crippen LogP) is 15.6. The Bertz CT molecular complexity index is 2920. The molecule has 0 spiro atoms. The van der Waals surface area contributed by atoms with E-state index in [9.17, 15) is 0 Å². The highest BCUT2D eigenvalue weighted by Gasteiger charge is 2.23. The van der Waals surface area contributed by atoms with Crippen molar-refractivity contribution in [3.63, 3.8) is 0 Å². The molecular formula is C56H48N2O. The number of hydrogen-bond donors (Lipinski definition) is 0. The maximum absolute atomic E-state index is 6.91. The molecule has 0 N–H and O–H groups in total. The van der Waals surface area contributed by atoms with Crippen molar-refractivity contribution in [2.45, 2.75) is 52.6 Å². The SMILES string of the molecule is CCC(C)c1cc(-c2ccccc2)c(OC(C)(C)C)c(-c2ccc(-c3cc(-n4c5ccccc5c5ccccc54)cc(-n4c5ccccc5c5ccccc54)c3)cc2)c1. The first-order valence-corrected chi connectivity index (χ1v) is 20.9. The summed E-state index contributed by atoms with van der Waals surface area (Å²) in [5.74, 6) is 1.33. The summed E-state index contributed by atoms with van der Waals surface area (Å²) in [5, 5.41) is 5.00. The Hall–Kier alpha value is -6.84. The van der Waals surface area contributed by atoms with Crippen LogP contribution in [0.25, 0.3) is 88.4 Å². The first-order valence-electron chi connectivity index (χ1n) is 20.9. The lowest BCUT2D eigenvalue weighted by atomic mass is 9.88. The summed E-state index contributed by atoms with van der Waals surface area (Å²) in [7, 11) is 0. The molecule has 0 saturated heterocycles. The van der Waals surface area contributed by atoms with Crippen molar-refractivity contribution < 1.29 is 4.74 Å². The second-order valence-corrected chi connectivity index (χ2v) is 16.9. The lowest BCUT2D eigenvalue weighted by molar-refractivity contribution is 0.132. The van der Waals surface area contributed by atoms with Gasteiger partial charge >= 0.3 is 0 Å². The van der Waals surface area contributed by atoms with Gasteiger partial charge in [-0.3, -0.25) is 0 Å². The quantitative estimate of drug-likeness (QED) is 0.151. The maximum atomic E-state index is 6.91. The molecule has 0 bridgehead atoms. The molecule has 0 aliphatic heterocycles. The minimum Gasteiger partial charge on any atom is -0.487 e. The molecule has 10 aromatic rings. The van der Waals surface area contributed by atoms with Crippen LogP contribution in [0.5, 0.6) is 5.75 Å². The number of ether oxygens (including phenoxy) is 1. The van der Waals surface area contributed by atoms with Gasteiger partial charge in [-0.25, -0.2) is 0 Å². The topological polar surface area (TPSA) is 19.1 Å². The third-order valence-corrected chi connectivity index (χ3v) is 11.9. The summed E-state index contributed by atoms with van der Waals surface area (Å²) in [5.41, 5.74) is 14.8. The number of rotatable bonds is 8. The van der Waals surface area contributed by atoms with E-state index >= 15 is 0 Å². The minimum atomic E-state index is -0.382. The molecule has 2 heterocycles. The standard InChI is InChI=1S/C56H48N2O/c1-6-37(2)41-34-49(39-18-8-7-9-19-39)55(59-56(3,4)5)50(35-41)40-30-28-38(29-31-40)42-32-43(57-51-24-14-10-20-45(51)46-21-11-15-25-52(46)57)36-44(33-42)58-53-26-16-12-22-47(53)48-23-13-17-27-54(48)58/h7-37H,6H2,1-5H3. The Labute approximate surface area is 346 Å². The molecule has 0 aliphatic rings. The van der Waals surface area contributed by atoms with Crippen molar-refractivity contribution in [3.8, 4) is 50.5 Å². The summed E-state index contributed by atoms with van der Waals surface area (Å²) >= 11 is 0. The Morgan fingerprint density at radius 2 is 0.831 bits per heavy atom. The molecule has 288 valence electrons. The highest BCUT2D eigenvalue weighted by molar-refractivity contribution is 6.10. The van der Waals surface area contributed by atoms with Crippen molar-refractivity contribution in [2.24, 2.45) is 0 Å². The number of benzene rings is 8. The average Bonchev–Trinajstić information content (AvgIpc) is 3.79. The van der Waals surface area contributed by atoms with Gasteiger partial charge < -0.3 is 13.9 Å². The van der Waals surface area contributed by atoms with Crippen LogP contribution < -0.4 is 4.74 Å². The summed E-state index contributed by atoms with van der Waals surface area (Å²) in [6.45, 7) is 11.0. The zero-order valence-corrected chi connectivity index (χ0v) is 34.4. The molecule has 2 aromatic heterocycles. The van der Waals surface area contributed by atoms with Crippen molar-refractivity contribution in [3.05, 3.63) is 188 Å². The van der Waals surface area contributed by atoms with Gasteiger partial charge in [0.15, 0.2) is 0 Å². The third-order valence-electron chi connectivity index (χ3n) is 11.9. The van der Waals surface area contributed by atoms with E-state index in [1.54, 1.807) is 0 Å². The molecular weight excluding hydrogens is 717 g/mol. The van der Waals surface area contributed by atoms with Crippen LogP contribution in [0.3, 0.4) is 0 Å². The monoisotopic (exact) mass is 764 g/mol. The predicted molar refractivity (Wildman–Crippen MR) is 251 cm³/mol. The number of nitrogens with zero attached hydrogens (tertiary/aromatic N) is 2. The first kappa shape index (κ1) is 36.5. The van der Waals surface area contributed by atoms with Crippen molar-refractivity contribution in [2.75, 3.05) is 0 Å². The fourth-order valence-corrected chi connectivity index (χ4v) is 8.90. The van der Waals surface area contributed by atoms with Gasteiger partial charge in [-0.05, 0) is 116 Å². The van der Waals surface area contributed by atoms with Gasteiger partial charge in [-0.15, -0.1) is 0 Å². The largest absolute Gasteiger partial charge is 0.487 e. The number of para-hydroxylation sites is 4. The van der Waals surface area contributed by atoms with Crippen LogP contribution in [-0.2, 0) is 0 Å². The van der Waals surface area contributed by atoms with E-state index in [1.165, 1.54) is 49.2 Å². The molecule has 1 atom stereocenters. The number of fused-ring (bicyclic) bond motifs is 6. The van der Waals surface area contributed by atoms with E-state index in [-0.39, 0.29) is 5.60 Å². The van der Waals surface area contributed by atoms with E-state index in [0.29, 0.717) is 5.92 Å². The zero-order valence-electron chi connectivity index (χ0n) is 34.4. The number of aromatic nitrogens is 2. The van der Waals surface area contributed by atoms with E-state index in [2.05, 4.69) is 226 Å². The second-order valence-electron chi connectivity index (χ2n) is 16.9. The van der Waals surface area contributed by atoms with E-state index in [4.69, 9.17) is 4.74 Å². The van der Waals surface area contributed by atoms with Crippen LogP contribution in [0.4, 0.5) is 0 Å². The minimum absolute atomic E-state index is 0.382. The molecule has 10 rings (SSSR count). The Morgan fingerprint density at radius 3 is 1.25 bits per heavy atom. The van der Waals surface area contributed by atoms with Gasteiger partial charge in [0, 0.05) is 44.0 Å². The van der Waals surface area contributed by atoms with Crippen LogP contribution in [0.1, 0.15) is 52.5 Å². The molecule has 1 unspecified atom stereocenters. The molecule has 59 heavy (non-hydrogen) atoms. The first-order chi connectivity index (χ1) is 28.8. The fourth-order valence-electron chi connectivity index (χ4n) is 8.90. The van der Waals surface area contributed by atoms with Gasteiger partial charge in [-0.1, -0.05) is 141 Å². The van der Waals surface area contributed by atoms with Crippen LogP contribution in [0.2, 0.25) is 0 Å². The van der Waals surface area contributed by atoms with E-state index in [0.717, 1.165) is 56.9 Å². The van der Waals surface area contributed by atoms with Crippen molar-refractivity contribution >= 4 is 43.6 Å². The molecule has 8 aromatic carbocycles. The summed E-state index contributed by atoms with van der Waals surface area (Å²) in [6, 6.07) is 66.7. The summed E-state index contributed by atoms with van der Waals surface area (Å²) < 4.78 is 11.8. The van der Waals surface area contributed by atoms with Crippen molar-refractivity contribution in [1.82, 2.24) is 9.13 Å². The Morgan fingerprint density at radius 1 is 0.441 bits per heavy atom. The molecule has 0 aliphatic carbocycles. The van der Waals surface area contributed by atoms with Crippen LogP contribution in [0, 0.1) is 0 Å². The maximum Gasteiger partial charge on any atom is 0.135 e. The Kier molecular flexibility index (Phi) is 8.98. The smallest absolute Gasteiger partial charge is 0.135 e. The molecule has 0 radical (unpaired) electrons. The molecule has 0 amide bonds. The summed E-state index contributed by atoms with van der Waals surface area (Å²) in [6.07, 6.45) is 1.06. The van der Waals surface area contributed by atoms with E-state index < -0.39 is 0 Å². The highest BCUT2D eigenvalue weighted by atomic mass is 16.5. The van der Waals surface area contributed by atoms with E-state index in [1.807, 2.05) is 0 Å². The molecule has 0 saturated carbocycles. The molecule has 3 heteroatoms. The van der Waals surface area contributed by atoms with Crippen LogP contribution >= 0.6 is 0 Å². The summed E-state index contributed by atoms with van der Waals surface area (Å²) in [4.78, 5) is 0. The van der Waals surface area contributed by atoms with Gasteiger partial charge in [0.1, 0.15) is 11.4 Å². The second kappa shape index (κ2) is 14.5. The van der Waals surface area contributed by atoms with Crippen molar-refractivity contribution in [1.29, 1.82) is 0 Å². The third kappa shape index (κ3) is 6.48. The highest BCUT2D eigenvalue weighted by Crippen LogP contribution is 2.45. The number of hydrogen-bond acceptors (Lipinski definition) is 1. The van der Waals surface area contributed by atoms with Gasteiger partial charge in [-0.2, -0.15) is 0 Å². The normalized spacial score (nSPS) is 12.5. The van der Waals surface area contributed by atoms with Crippen LogP contribution in [0.15, 0.2) is 182 Å².